The summed E-state index contributed by atoms with van der Waals surface area (Å²) in [6.07, 6.45) is 1.84. The SMILES string of the molecule is C=CC[N+](C)(C)C1CS(=O)(=O)C1. The molecule has 3 nitrogen and oxygen atoms in total. The zero-order valence-electron chi connectivity index (χ0n) is 7.66. The number of hydrogen-bond donors (Lipinski definition) is 0. The minimum Gasteiger partial charge on any atom is -0.321 e. The second kappa shape index (κ2) is 2.85. The largest absolute Gasteiger partial charge is 0.321 e. The van der Waals surface area contributed by atoms with E-state index < -0.39 is 9.84 Å². The van der Waals surface area contributed by atoms with E-state index in [1.165, 1.54) is 0 Å². The van der Waals surface area contributed by atoms with Gasteiger partial charge in [-0.15, -0.1) is 0 Å². The van der Waals surface area contributed by atoms with Crippen LogP contribution in [0.3, 0.4) is 0 Å². The average molecular weight is 190 g/mol. The highest BCUT2D eigenvalue weighted by Crippen LogP contribution is 2.20. The number of rotatable bonds is 3. The molecule has 0 spiro atoms. The van der Waals surface area contributed by atoms with E-state index in [1.807, 2.05) is 20.2 Å². The van der Waals surface area contributed by atoms with E-state index in [4.69, 9.17) is 0 Å². The number of sulfone groups is 1. The van der Waals surface area contributed by atoms with Gasteiger partial charge < -0.3 is 4.48 Å². The number of nitrogens with zero attached hydrogens (tertiary/aromatic N) is 1. The highest BCUT2D eigenvalue weighted by Gasteiger charge is 2.43. The van der Waals surface area contributed by atoms with Crippen LogP contribution in [0.15, 0.2) is 12.7 Å². The normalized spacial score (nSPS) is 23.2. The number of quaternary nitrogens is 1. The van der Waals surface area contributed by atoms with E-state index in [-0.39, 0.29) is 6.04 Å². The first kappa shape index (κ1) is 9.74. The standard InChI is InChI=1S/C8H16NO2S/c1-4-5-9(2,3)8-6-12(10,11)7-8/h4,8H,1,5-7H2,2-3H3/q+1. The summed E-state index contributed by atoms with van der Waals surface area (Å²) in [5, 5.41) is 0. The summed E-state index contributed by atoms with van der Waals surface area (Å²) in [7, 11) is 1.40. The Labute approximate surface area is 74.2 Å². The van der Waals surface area contributed by atoms with Crippen LogP contribution in [0.5, 0.6) is 0 Å². The molecule has 1 aliphatic rings. The van der Waals surface area contributed by atoms with E-state index in [1.54, 1.807) is 0 Å². The number of likely N-dealkylation sites (N-methyl/N-ethyl adjacent to an activating group) is 1. The van der Waals surface area contributed by atoms with E-state index in [0.29, 0.717) is 11.5 Å². The Balaban J connectivity index is 2.57. The fraction of sp³-hybridized carbons (Fsp3) is 0.750. The van der Waals surface area contributed by atoms with Crippen molar-refractivity contribution in [2.75, 3.05) is 32.1 Å². The van der Waals surface area contributed by atoms with Gasteiger partial charge in [-0.05, 0) is 6.08 Å². The molecule has 12 heavy (non-hydrogen) atoms. The lowest BCUT2D eigenvalue weighted by molar-refractivity contribution is -0.905. The van der Waals surface area contributed by atoms with Crippen LogP contribution in [0.1, 0.15) is 0 Å². The van der Waals surface area contributed by atoms with Crippen LogP contribution in [0, 0.1) is 0 Å². The van der Waals surface area contributed by atoms with E-state index in [0.717, 1.165) is 11.0 Å². The number of hydrogen-bond acceptors (Lipinski definition) is 2. The molecule has 0 amide bonds. The van der Waals surface area contributed by atoms with Gasteiger partial charge in [-0.1, -0.05) is 6.58 Å². The topological polar surface area (TPSA) is 34.1 Å². The van der Waals surface area contributed by atoms with Gasteiger partial charge in [0.1, 0.15) is 17.5 Å². The third-order valence-electron chi connectivity index (χ3n) is 2.48. The van der Waals surface area contributed by atoms with Gasteiger partial charge in [-0.25, -0.2) is 8.42 Å². The van der Waals surface area contributed by atoms with Crippen LogP contribution >= 0.6 is 0 Å². The summed E-state index contributed by atoms with van der Waals surface area (Å²) < 4.78 is 22.6. The van der Waals surface area contributed by atoms with Crippen LogP contribution in [0.25, 0.3) is 0 Å². The van der Waals surface area contributed by atoms with Crippen LogP contribution in [0.4, 0.5) is 0 Å². The molecule has 1 saturated heterocycles. The van der Waals surface area contributed by atoms with Crippen molar-refractivity contribution in [1.82, 2.24) is 0 Å². The molecule has 0 unspecified atom stereocenters. The highest BCUT2D eigenvalue weighted by atomic mass is 32.2. The Hall–Kier alpha value is -0.350. The van der Waals surface area contributed by atoms with Gasteiger partial charge in [0.2, 0.25) is 0 Å². The second-order valence-electron chi connectivity index (χ2n) is 3.98. The Bertz CT molecular complexity index is 267. The molecule has 0 bridgehead atoms. The lowest BCUT2D eigenvalue weighted by atomic mass is 10.2. The lowest BCUT2D eigenvalue weighted by Gasteiger charge is -2.41. The minimum atomic E-state index is -2.68. The van der Waals surface area contributed by atoms with Gasteiger partial charge in [0.05, 0.1) is 20.6 Å². The van der Waals surface area contributed by atoms with Crippen molar-refractivity contribution < 1.29 is 12.9 Å². The van der Waals surface area contributed by atoms with Crippen LogP contribution in [-0.2, 0) is 9.84 Å². The molecular formula is C8H16NO2S+. The molecule has 70 valence electrons. The van der Waals surface area contributed by atoms with Crippen molar-refractivity contribution in [2.45, 2.75) is 6.04 Å². The van der Waals surface area contributed by atoms with Gasteiger partial charge >= 0.3 is 0 Å². The summed E-state index contributed by atoms with van der Waals surface area (Å²) in [6, 6.07) is 0.271. The predicted octanol–water partition coefficient (Wildman–Crippen LogP) is 0.0458. The molecule has 1 aliphatic heterocycles. The predicted molar refractivity (Wildman–Crippen MR) is 49.6 cm³/mol. The lowest BCUT2D eigenvalue weighted by Crippen LogP contribution is -2.61. The summed E-state index contributed by atoms with van der Waals surface area (Å²) in [6.45, 7) is 4.49. The first-order valence-corrected chi connectivity index (χ1v) is 5.83. The van der Waals surface area contributed by atoms with E-state index >= 15 is 0 Å². The average Bonchev–Trinajstić information content (AvgIpc) is 1.82. The fourth-order valence-electron chi connectivity index (χ4n) is 1.42. The maximum atomic E-state index is 10.9. The van der Waals surface area contributed by atoms with Crippen molar-refractivity contribution in [3.8, 4) is 0 Å². The molecule has 0 aromatic rings. The van der Waals surface area contributed by atoms with E-state index in [9.17, 15) is 8.42 Å². The van der Waals surface area contributed by atoms with Crippen molar-refractivity contribution in [2.24, 2.45) is 0 Å². The quantitative estimate of drug-likeness (QED) is 0.465. The zero-order valence-corrected chi connectivity index (χ0v) is 8.47. The van der Waals surface area contributed by atoms with Crippen LogP contribution < -0.4 is 0 Å². The third-order valence-corrected chi connectivity index (χ3v) is 4.27. The Kier molecular flexibility index (Phi) is 2.31. The van der Waals surface area contributed by atoms with E-state index in [2.05, 4.69) is 6.58 Å². The van der Waals surface area contributed by atoms with Crippen LogP contribution in [0.2, 0.25) is 0 Å². The van der Waals surface area contributed by atoms with Gasteiger partial charge in [-0.2, -0.15) is 0 Å². The Morgan fingerprint density at radius 1 is 1.50 bits per heavy atom. The molecule has 0 aliphatic carbocycles. The molecule has 0 radical (unpaired) electrons. The zero-order chi connectivity index (χ0) is 9.41. The van der Waals surface area contributed by atoms with Crippen molar-refractivity contribution in [3.63, 3.8) is 0 Å². The fourth-order valence-corrected chi connectivity index (χ4v) is 3.30. The maximum Gasteiger partial charge on any atom is 0.161 e. The molecule has 1 fully saturated rings. The molecule has 1 heterocycles. The van der Waals surface area contributed by atoms with Crippen molar-refractivity contribution >= 4 is 9.84 Å². The summed E-state index contributed by atoms with van der Waals surface area (Å²) in [5.41, 5.74) is 0. The summed E-state index contributed by atoms with van der Waals surface area (Å²) in [5.74, 6) is 0.682. The van der Waals surface area contributed by atoms with Crippen LogP contribution in [-0.4, -0.2) is 51.1 Å². The summed E-state index contributed by atoms with van der Waals surface area (Å²) >= 11 is 0. The van der Waals surface area contributed by atoms with Gasteiger partial charge in [0.25, 0.3) is 0 Å². The van der Waals surface area contributed by atoms with Crippen molar-refractivity contribution in [1.29, 1.82) is 0 Å². The summed E-state index contributed by atoms with van der Waals surface area (Å²) in [4.78, 5) is 0. The minimum absolute atomic E-state index is 0.271. The first-order chi connectivity index (χ1) is 5.37. The molecule has 0 atom stereocenters. The third kappa shape index (κ3) is 1.87. The second-order valence-corrected chi connectivity index (χ2v) is 6.13. The smallest absolute Gasteiger partial charge is 0.161 e. The first-order valence-electron chi connectivity index (χ1n) is 4.01. The van der Waals surface area contributed by atoms with Gasteiger partial charge in [-0.3, -0.25) is 0 Å². The molecule has 0 aromatic heterocycles. The van der Waals surface area contributed by atoms with Crippen molar-refractivity contribution in [3.05, 3.63) is 12.7 Å². The van der Waals surface area contributed by atoms with Gasteiger partial charge in [0.15, 0.2) is 9.84 Å². The molecular weight excluding hydrogens is 174 g/mol. The molecule has 0 aromatic carbocycles. The molecule has 0 N–H and O–H groups in total. The molecule has 4 heteroatoms. The molecule has 1 rings (SSSR count). The molecule has 0 saturated carbocycles. The maximum absolute atomic E-state index is 10.9. The monoisotopic (exact) mass is 190 g/mol. The Morgan fingerprint density at radius 3 is 2.33 bits per heavy atom. The van der Waals surface area contributed by atoms with Gasteiger partial charge in [0, 0.05) is 0 Å². The highest BCUT2D eigenvalue weighted by molar-refractivity contribution is 7.92. The Morgan fingerprint density at radius 2 is 2.00 bits per heavy atom.